The minimum atomic E-state index is 0.251. The van der Waals surface area contributed by atoms with E-state index in [1.165, 1.54) is 0 Å². The molecule has 110 valence electrons. The Morgan fingerprint density at radius 1 is 1.19 bits per heavy atom. The summed E-state index contributed by atoms with van der Waals surface area (Å²) >= 11 is 0. The highest BCUT2D eigenvalue weighted by molar-refractivity contribution is 5.64. The molecule has 6 nitrogen and oxygen atoms in total. The molecule has 1 aliphatic rings. The van der Waals surface area contributed by atoms with E-state index in [0.29, 0.717) is 23.3 Å². The largest absolute Gasteiger partial charge is 0.454 e. The van der Waals surface area contributed by atoms with Crippen LogP contribution in [0.25, 0.3) is 11.4 Å². The number of benzene rings is 1. The molecule has 3 rings (SSSR count). The van der Waals surface area contributed by atoms with Gasteiger partial charge in [0.1, 0.15) is 5.82 Å². The van der Waals surface area contributed by atoms with Gasteiger partial charge < -0.3 is 14.9 Å². The van der Waals surface area contributed by atoms with Gasteiger partial charge in [0, 0.05) is 16.8 Å². The molecule has 0 aliphatic carbocycles. The number of nitrogens with one attached hydrogen (secondary N) is 1. The van der Waals surface area contributed by atoms with Gasteiger partial charge >= 0.3 is 0 Å². The standard InChI is InChI=1S/C15H18N4O2/c1-8(2)13-9(3)17-14(18-15(13)19-16)10-4-5-11-12(6-10)21-7-20-11/h4-6,8H,7,16H2,1-3H3,(H,17,18,19). The van der Waals surface area contributed by atoms with Gasteiger partial charge in [0.05, 0.1) is 0 Å². The second-order valence-corrected chi connectivity index (χ2v) is 5.26. The highest BCUT2D eigenvalue weighted by Gasteiger charge is 2.18. The van der Waals surface area contributed by atoms with Crippen LogP contribution < -0.4 is 20.7 Å². The molecule has 0 atom stereocenters. The molecule has 1 aliphatic heterocycles. The van der Waals surface area contributed by atoms with E-state index >= 15 is 0 Å². The van der Waals surface area contributed by atoms with Crippen molar-refractivity contribution in [1.82, 2.24) is 9.97 Å². The SMILES string of the molecule is Cc1nc(-c2ccc3c(c2)OCO3)nc(NN)c1C(C)C. The second kappa shape index (κ2) is 5.21. The number of aromatic nitrogens is 2. The number of nitrogens with zero attached hydrogens (tertiary/aromatic N) is 2. The monoisotopic (exact) mass is 286 g/mol. The van der Waals surface area contributed by atoms with Crippen LogP contribution >= 0.6 is 0 Å². The van der Waals surface area contributed by atoms with Gasteiger partial charge in [0.25, 0.3) is 0 Å². The zero-order chi connectivity index (χ0) is 15.0. The highest BCUT2D eigenvalue weighted by atomic mass is 16.7. The summed E-state index contributed by atoms with van der Waals surface area (Å²) in [5, 5.41) is 0. The Morgan fingerprint density at radius 3 is 2.67 bits per heavy atom. The molecule has 0 spiro atoms. The normalized spacial score (nSPS) is 12.8. The third kappa shape index (κ3) is 2.38. The van der Waals surface area contributed by atoms with Crippen molar-refractivity contribution in [2.24, 2.45) is 5.84 Å². The maximum atomic E-state index is 5.61. The van der Waals surface area contributed by atoms with Crippen LogP contribution in [0.2, 0.25) is 0 Å². The number of nitrogen functional groups attached to an aromatic ring is 1. The topological polar surface area (TPSA) is 82.3 Å². The van der Waals surface area contributed by atoms with E-state index in [1.54, 1.807) is 0 Å². The van der Waals surface area contributed by atoms with Crippen molar-refractivity contribution in [3.05, 3.63) is 29.5 Å². The quantitative estimate of drug-likeness (QED) is 0.666. The number of ether oxygens (including phenoxy) is 2. The number of hydrogen-bond donors (Lipinski definition) is 2. The van der Waals surface area contributed by atoms with Gasteiger partial charge in [0.15, 0.2) is 17.3 Å². The number of aryl methyl sites for hydroxylation is 1. The maximum absolute atomic E-state index is 5.61. The van der Waals surface area contributed by atoms with Gasteiger partial charge in [0.2, 0.25) is 6.79 Å². The van der Waals surface area contributed by atoms with Crippen molar-refractivity contribution < 1.29 is 9.47 Å². The van der Waals surface area contributed by atoms with E-state index in [2.05, 4.69) is 29.2 Å². The highest BCUT2D eigenvalue weighted by Crippen LogP contribution is 2.36. The molecule has 0 radical (unpaired) electrons. The van der Waals surface area contributed by atoms with Gasteiger partial charge in [-0.3, -0.25) is 0 Å². The van der Waals surface area contributed by atoms with Gasteiger partial charge in [-0.25, -0.2) is 15.8 Å². The Balaban J connectivity index is 2.09. The lowest BCUT2D eigenvalue weighted by molar-refractivity contribution is 0.174. The smallest absolute Gasteiger partial charge is 0.231 e. The molecular weight excluding hydrogens is 268 g/mol. The molecule has 21 heavy (non-hydrogen) atoms. The Morgan fingerprint density at radius 2 is 1.95 bits per heavy atom. The van der Waals surface area contributed by atoms with Gasteiger partial charge in [-0.2, -0.15) is 0 Å². The molecule has 0 bridgehead atoms. The summed E-state index contributed by atoms with van der Waals surface area (Å²) in [7, 11) is 0. The van der Waals surface area contributed by atoms with E-state index < -0.39 is 0 Å². The third-order valence-electron chi connectivity index (χ3n) is 3.48. The zero-order valence-electron chi connectivity index (χ0n) is 12.3. The van der Waals surface area contributed by atoms with Crippen molar-refractivity contribution in [2.45, 2.75) is 26.7 Å². The van der Waals surface area contributed by atoms with Crippen molar-refractivity contribution in [3.8, 4) is 22.9 Å². The summed E-state index contributed by atoms with van der Waals surface area (Å²) in [4.78, 5) is 9.12. The molecule has 1 aromatic heterocycles. The summed E-state index contributed by atoms with van der Waals surface area (Å²) in [6.07, 6.45) is 0. The van der Waals surface area contributed by atoms with Crippen LogP contribution in [-0.2, 0) is 0 Å². The van der Waals surface area contributed by atoms with Gasteiger partial charge in [-0.15, -0.1) is 0 Å². The predicted molar refractivity (Wildman–Crippen MR) is 80.2 cm³/mol. The van der Waals surface area contributed by atoms with E-state index in [-0.39, 0.29) is 6.79 Å². The van der Waals surface area contributed by atoms with E-state index in [0.717, 1.165) is 22.6 Å². The molecule has 3 N–H and O–H groups in total. The predicted octanol–water partition coefficient (Wildman–Crippen LogP) is 2.59. The fourth-order valence-corrected chi connectivity index (χ4v) is 2.55. The number of anilines is 1. The van der Waals surface area contributed by atoms with Crippen LogP contribution in [-0.4, -0.2) is 16.8 Å². The molecule has 6 heteroatoms. The molecule has 2 heterocycles. The van der Waals surface area contributed by atoms with E-state index in [1.807, 2.05) is 25.1 Å². The van der Waals surface area contributed by atoms with Gasteiger partial charge in [-0.05, 0) is 31.0 Å². The van der Waals surface area contributed by atoms with Crippen LogP contribution in [0.5, 0.6) is 11.5 Å². The fraction of sp³-hybridized carbons (Fsp3) is 0.333. The zero-order valence-corrected chi connectivity index (χ0v) is 12.3. The second-order valence-electron chi connectivity index (χ2n) is 5.26. The number of hydrazine groups is 1. The average Bonchev–Trinajstić information content (AvgIpc) is 2.93. The first kappa shape index (κ1) is 13.6. The summed E-state index contributed by atoms with van der Waals surface area (Å²) in [5.41, 5.74) is 5.49. The molecular formula is C15H18N4O2. The number of nitrogens with two attached hydrogens (primary N) is 1. The lowest BCUT2D eigenvalue weighted by Crippen LogP contribution is -2.14. The maximum Gasteiger partial charge on any atom is 0.231 e. The first-order chi connectivity index (χ1) is 10.1. The number of rotatable bonds is 3. The molecule has 0 saturated heterocycles. The minimum absolute atomic E-state index is 0.251. The van der Waals surface area contributed by atoms with Crippen LogP contribution in [0.1, 0.15) is 31.0 Å². The first-order valence-corrected chi connectivity index (χ1v) is 6.85. The lowest BCUT2D eigenvalue weighted by atomic mass is 10.0. The van der Waals surface area contributed by atoms with Gasteiger partial charge in [-0.1, -0.05) is 13.8 Å². The molecule has 1 aromatic carbocycles. The number of fused-ring (bicyclic) bond motifs is 1. The van der Waals surface area contributed by atoms with E-state index in [4.69, 9.17) is 15.3 Å². The Bertz CT molecular complexity index is 686. The minimum Gasteiger partial charge on any atom is -0.454 e. The summed E-state index contributed by atoms with van der Waals surface area (Å²) in [5.74, 6) is 8.63. The Labute approximate surface area is 123 Å². The van der Waals surface area contributed by atoms with Crippen LogP contribution in [0.4, 0.5) is 5.82 Å². The molecule has 0 saturated carbocycles. The molecule has 2 aromatic rings. The Kier molecular flexibility index (Phi) is 3.39. The summed E-state index contributed by atoms with van der Waals surface area (Å²) in [6.45, 7) is 6.40. The molecule has 0 fully saturated rings. The number of hydrogen-bond acceptors (Lipinski definition) is 6. The molecule has 0 unspecified atom stereocenters. The van der Waals surface area contributed by atoms with Crippen molar-refractivity contribution in [2.75, 3.05) is 12.2 Å². The van der Waals surface area contributed by atoms with Crippen LogP contribution in [0.15, 0.2) is 18.2 Å². The van der Waals surface area contributed by atoms with Crippen molar-refractivity contribution in [3.63, 3.8) is 0 Å². The summed E-state index contributed by atoms with van der Waals surface area (Å²) < 4.78 is 10.7. The fourth-order valence-electron chi connectivity index (χ4n) is 2.55. The Hall–Kier alpha value is -2.34. The van der Waals surface area contributed by atoms with Crippen molar-refractivity contribution >= 4 is 5.82 Å². The van der Waals surface area contributed by atoms with Crippen molar-refractivity contribution in [1.29, 1.82) is 0 Å². The lowest BCUT2D eigenvalue weighted by Gasteiger charge is -2.15. The third-order valence-corrected chi connectivity index (χ3v) is 3.48. The summed E-state index contributed by atoms with van der Waals surface area (Å²) in [6, 6.07) is 5.66. The molecule has 0 amide bonds. The van der Waals surface area contributed by atoms with Crippen LogP contribution in [0.3, 0.4) is 0 Å². The average molecular weight is 286 g/mol. The van der Waals surface area contributed by atoms with E-state index in [9.17, 15) is 0 Å². The van der Waals surface area contributed by atoms with Crippen LogP contribution in [0, 0.1) is 6.92 Å². The first-order valence-electron chi connectivity index (χ1n) is 6.85.